The number of aryl methyl sites for hydroxylation is 1. The molecule has 0 radical (unpaired) electrons. The van der Waals surface area contributed by atoms with Crippen LogP contribution in [0.3, 0.4) is 0 Å². The van der Waals surface area contributed by atoms with Crippen LogP contribution in [0, 0.1) is 6.92 Å². The molecule has 4 rings (SSSR count). The third-order valence-corrected chi connectivity index (χ3v) is 6.12. The number of methoxy groups -OCH3 is 1. The van der Waals surface area contributed by atoms with Crippen LogP contribution in [-0.2, 0) is 9.59 Å². The second-order valence-electron chi connectivity index (χ2n) is 6.75. The maximum absolute atomic E-state index is 13.4. The zero-order valence-electron chi connectivity index (χ0n) is 16.4. The Morgan fingerprint density at radius 2 is 1.60 bits per heavy atom. The van der Waals surface area contributed by atoms with Crippen molar-refractivity contribution >= 4 is 46.4 Å². The van der Waals surface area contributed by atoms with E-state index in [4.69, 9.17) is 16.3 Å². The number of amides is 2. The van der Waals surface area contributed by atoms with Gasteiger partial charge in [0.15, 0.2) is 0 Å². The summed E-state index contributed by atoms with van der Waals surface area (Å²) >= 11 is 7.54. The van der Waals surface area contributed by atoms with E-state index in [0.717, 1.165) is 10.5 Å². The fraction of sp³-hybridized carbons (Fsp3) is 0.0833. The normalized spacial score (nSPS) is 13.9. The number of hydrogen-bond donors (Lipinski definition) is 0. The number of imide groups is 1. The van der Waals surface area contributed by atoms with Crippen molar-refractivity contribution < 1.29 is 14.3 Å². The second kappa shape index (κ2) is 8.38. The summed E-state index contributed by atoms with van der Waals surface area (Å²) < 4.78 is 5.18. The van der Waals surface area contributed by atoms with Crippen molar-refractivity contribution in [2.45, 2.75) is 11.8 Å². The van der Waals surface area contributed by atoms with E-state index in [9.17, 15) is 9.59 Å². The summed E-state index contributed by atoms with van der Waals surface area (Å²) in [6, 6.07) is 22.0. The molecule has 2 amide bonds. The lowest BCUT2D eigenvalue weighted by molar-refractivity contribution is -0.119. The van der Waals surface area contributed by atoms with Crippen molar-refractivity contribution in [1.82, 2.24) is 0 Å². The summed E-state index contributed by atoms with van der Waals surface area (Å²) in [7, 11) is 1.51. The lowest BCUT2D eigenvalue weighted by Crippen LogP contribution is -2.31. The molecule has 0 bridgehead atoms. The zero-order chi connectivity index (χ0) is 21.3. The van der Waals surface area contributed by atoms with Gasteiger partial charge < -0.3 is 4.74 Å². The maximum atomic E-state index is 13.4. The lowest BCUT2D eigenvalue weighted by atomic mass is 10.0. The van der Waals surface area contributed by atoms with Crippen LogP contribution in [0.15, 0.2) is 82.6 Å². The summed E-state index contributed by atoms with van der Waals surface area (Å²) in [6.45, 7) is 1.98. The maximum Gasteiger partial charge on any atom is 0.272 e. The molecule has 0 N–H and O–H groups in total. The van der Waals surface area contributed by atoms with E-state index < -0.39 is 0 Å². The van der Waals surface area contributed by atoms with Gasteiger partial charge in [-0.05, 0) is 42.8 Å². The Kier molecular flexibility index (Phi) is 5.66. The largest absolute Gasteiger partial charge is 0.495 e. The zero-order valence-corrected chi connectivity index (χ0v) is 18.0. The van der Waals surface area contributed by atoms with Gasteiger partial charge in [0.05, 0.1) is 28.3 Å². The summed E-state index contributed by atoms with van der Waals surface area (Å²) in [5.74, 6) is -0.265. The highest BCUT2D eigenvalue weighted by atomic mass is 35.5. The van der Waals surface area contributed by atoms with Crippen molar-refractivity contribution in [3.8, 4) is 5.75 Å². The van der Waals surface area contributed by atoms with Crippen LogP contribution in [-0.4, -0.2) is 18.9 Å². The van der Waals surface area contributed by atoms with Gasteiger partial charge in [0.2, 0.25) is 0 Å². The van der Waals surface area contributed by atoms with E-state index in [1.165, 1.54) is 23.8 Å². The molecule has 30 heavy (non-hydrogen) atoms. The van der Waals surface area contributed by atoms with Crippen molar-refractivity contribution in [2.75, 3.05) is 12.0 Å². The minimum atomic E-state index is -0.372. The Bertz CT molecular complexity index is 1160. The van der Waals surface area contributed by atoms with Crippen LogP contribution in [0.2, 0.25) is 5.02 Å². The monoisotopic (exact) mass is 435 g/mol. The van der Waals surface area contributed by atoms with E-state index in [-0.39, 0.29) is 11.8 Å². The van der Waals surface area contributed by atoms with E-state index in [2.05, 4.69) is 0 Å². The van der Waals surface area contributed by atoms with Crippen molar-refractivity contribution in [3.05, 3.63) is 93.9 Å². The van der Waals surface area contributed by atoms with Gasteiger partial charge in [-0.15, -0.1) is 0 Å². The Labute approximate surface area is 184 Å². The standard InChI is InChI=1S/C24H18ClNO3S/c1-15-8-10-16(11-9-15)21-22(30-18-6-4-3-5-7-18)24(28)26(23(21)27)17-12-13-20(29-2)19(25)14-17/h3-14H,1-2H3. The Balaban J connectivity index is 1.81. The van der Waals surface area contributed by atoms with Crippen LogP contribution < -0.4 is 9.64 Å². The first-order valence-corrected chi connectivity index (χ1v) is 10.5. The first kappa shape index (κ1) is 20.3. The summed E-state index contributed by atoms with van der Waals surface area (Å²) in [5, 5.41) is 0.330. The molecule has 4 nitrogen and oxygen atoms in total. The molecule has 3 aromatic carbocycles. The van der Waals surface area contributed by atoms with Gasteiger partial charge in [-0.3, -0.25) is 9.59 Å². The first-order valence-electron chi connectivity index (χ1n) is 9.26. The molecule has 1 heterocycles. The number of anilines is 1. The molecule has 0 aromatic heterocycles. The summed E-state index contributed by atoms with van der Waals surface area (Å²) in [4.78, 5) is 29.3. The molecular formula is C24H18ClNO3S. The van der Waals surface area contributed by atoms with E-state index in [1.54, 1.807) is 18.2 Å². The second-order valence-corrected chi connectivity index (χ2v) is 8.24. The molecule has 0 spiro atoms. The third kappa shape index (κ3) is 3.74. The van der Waals surface area contributed by atoms with E-state index >= 15 is 0 Å². The van der Waals surface area contributed by atoms with E-state index in [0.29, 0.717) is 32.5 Å². The molecular weight excluding hydrogens is 418 g/mol. The fourth-order valence-corrected chi connectivity index (χ4v) is 4.48. The Hall–Kier alpha value is -3.02. The summed E-state index contributed by atoms with van der Waals surface area (Å²) in [6.07, 6.45) is 0. The van der Waals surface area contributed by atoms with Gasteiger partial charge in [-0.1, -0.05) is 71.4 Å². The Morgan fingerprint density at radius 1 is 0.900 bits per heavy atom. The molecule has 6 heteroatoms. The average Bonchev–Trinajstić information content (AvgIpc) is 2.99. The van der Waals surface area contributed by atoms with Gasteiger partial charge in [-0.25, -0.2) is 4.90 Å². The van der Waals surface area contributed by atoms with Crippen molar-refractivity contribution in [2.24, 2.45) is 0 Å². The molecule has 1 aliphatic heterocycles. The van der Waals surface area contributed by atoms with Crippen LogP contribution in [0.1, 0.15) is 11.1 Å². The molecule has 0 saturated carbocycles. The SMILES string of the molecule is COc1ccc(N2C(=O)C(Sc3ccccc3)=C(c3ccc(C)cc3)C2=O)cc1Cl. The highest BCUT2D eigenvalue weighted by Gasteiger charge is 2.40. The molecule has 150 valence electrons. The predicted octanol–water partition coefficient (Wildman–Crippen LogP) is 5.73. The molecule has 0 atom stereocenters. The van der Waals surface area contributed by atoms with Crippen LogP contribution in [0.25, 0.3) is 5.57 Å². The number of rotatable bonds is 5. The molecule has 1 aliphatic rings. The first-order chi connectivity index (χ1) is 14.5. The number of hydrogen-bond acceptors (Lipinski definition) is 4. The number of carbonyl (C=O) groups excluding carboxylic acids is 2. The molecule has 0 saturated heterocycles. The Morgan fingerprint density at radius 3 is 2.23 bits per heavy atom. The minimum Gasteiger partial charge on any atom is -0.495 e. The van der Waals surface area contributed by atoms with E-state index in [1.807, 2.05) is 61.5 Å². The highest BCUT2D eigenvalue weighted by Crippen LogP contribution is 2.42. The van der Waals surface area contributed by atoms with Gasteiger partial charge in [0.1, 0.15) is 5.75 Å². The topological polar surface area (TPSA) is 46.6 Å². The third-order valence-electron chi connectivity index (χ3n) is 4.74. The predicted molar refractivity (Wildman–Crippen MR) is 121 cm³/mol. The minimum absolute atomic E-state index is 0.330. The smallest absolute Gasteiger partial charge is 0.272 e. The molecule has 0 fully saturated rings. The fourth-order valence-electron chi connectivity index (χ4n) is 3.21. The number of benzene rings is 3. The molecule has 0 unspecified atom stereocenters. The van der Waals surface area contributed by atoms with Gasteiger partial charge in [0.25, 0.3) is 11.8 Å². The highest BCUT2D eigenvalue weighted by molar-refractivity contribution is 8.04. The lowest BCUT2D eigenvalue weighted by Gasteiger charge is -2.16. The number of ether oxygens (including phenoxy) is 1. The molecule has 3 aromatic rings. The van der Waals surface area contributed by atoms with Crippen LogP contribution in [0.5, 0.6) is 5.75 Å². The van der Waals surface area contributed by atoms with Crippen molar-refractivity contribution in [1.29, 1.82) is 0 Å². The van der Waals surface area contributed by atoms with Crippen LogP contribution >= 0.6 is 23.4 Å². The van der Waals surface area contributed by atoms with Crippen LogP contribution in [0.4, 0.5) is 5.69 Å². The summed E-state index contributed by atoms with van der Waals surface area (Å²) in [5.41, 5.74) is 2.58. The number of halogens is 1. The quantitative estimate of drug-likeness (QED) is 0.480. The van der Waals surface area contributed by atoms with Gasteiger partial charge in [-0.2, -0.15) is 0 Å². The molecule has 0 aliphatic carbocycles. The average molecular weight is 436 g/mol. The van der Waals surface area contributed by atoms with Gasteiger partial charge >= 0.3 is 0 Å². The number of nitrogens with zero attached hydrogens (tertiary/aromatic N) is 1. The van der Waals surface area contributed by atoms with Crippen molar-refractivity contribution in [3.63, 3.8) is 0 Å². The van der Waals surface area contributed by atoms with Gasteiger partial charge in [0, 0.05) is 4.90 Å². The number of carbonyl (C=O) groups is 2. The number of thioether (sulfide) groups is 1.